The van der Waals surface area contributed by atoms with E-state index in [0.29, 0.717) is 0 Å². The van der Waals surface area contributed by atoms with E-state index in [4.69, 9.17) is 0 Å². The average Bonchev–Trinajstić information content (AvgIpc) is 2.80. The summed E-state index contributed by atoms with van der Waals surface area (Å²) in [6.45, 7) is 5.31. The van der Waals surface area contributed by atoms with Crippen molar-refractivity contribution >= 4 is 0 Å². The molecule has 1 aliphatic carbocycles. The van der Waals surface area contributed by atoms with Gasteiger partial charge in [-0.25, -0.2) is 4.98 Å². The number of rotatable bonds is 4. The zero-order chi connectivity index (χ0) is 13.0. The molecule has 18 heavy (non-hydrogen) atoms. The first-order valence-corrected chi connectivity index (χ1v) is 6.97. The fraction of sp³-hybridized carbons (Fsp3) is 0.786. The molecular weight excluding hydrogens is 224 g/mol. The lowest BCUT2D eigenvalue weighted by Gasteiger charge is -2.33. The molecule has 98 valence electrons. The van der Waals surface area contributed by atoms with Crippen molar-refractivity contribution in [3.8, 4) is 6.07 Å². The molecule has 0 aliphatic heterocycles. The molecule has 0 spiro atoms. The van der Waals surface area contributed by atoms with Crippen LogP contribution >= 0.6 is 0 Å². The molecule has 0 unspecified atom stereocenters. The van der Waals surface area contributed by atoms with Crippen molar-refractivity contribution in [3.63, 3.8) is 0 Å². The van der Waals surface area contributed by atoms with Crippen LogP contribution in [0.1, 0.15) is 51.8 Å². The van der Waals surface area contributed by atoms with Crippen LogP contribution < -0.4 is 0 Å². The van der Waals surface area contributed by atoms with E-state index in [1.54, 1.807) is 6.33 Å². The predicted molar refractivity (Wildman–Crippen MR) is 69.7 cm³/mol. The van der Waals surface area contributed by atoms with Gasteiger partial charge >= 0.3 is 0 Å². The van der Waals surface area contributed by atoms with Crippen molar-refractivity contribution < 1.29 is 0 Å². The van der Waals surface area contributed by atoms with Gasteiger partial charge in [-0.2, -0.15) is 10.4 Å². The van der Waals surface area contributed by atoms with Gasteiger partial charge in [0.15, 0.2) is 0 Å². The Morgan fingerprint density at radius 2 is 2.22 bits per heavy atom. The van der Waals surface area contributed by atoms with Crippen LogP contribution in [0.3, 0.4) is 0 Å². The minimum Gasteiger partial charge on any atom is -0.250 e. The van der Waals surface area contributed by atoms with E-state index in [-0.39, 0.29) is 5.41 Å². The van der Waals surface area contributed by atoms with Gasteiger partial charge in [-0.15, -0.1) is 0 Å². The third kappa shape index (κ3) is 2.72. The third-order valence-electron chi connectivity index (χ3n) is 4.10. The lowest BCUT2D eigenvalue weighted by Crippen LogP contribution is -2.29. The Bertz CT molecular complexity index is 421. The summed E-state index contributed by atoms with van der Waals surface area (Å²) in [6, 6.07) is 2.56. The van der Waals surface area contributed by atoms with Gasteiger partial charge in [0.1, 0.15) is 12.2 Å². The SMILES string of the molecule is CCCn1ncnc1CC1(C#N)CCC(C)CC1. The lowest BCUT2D eigenvalue weighted by atomic mass is 9.70. The Hall–Kier alpha value is -1.37. The maximum Gasteiger partial charge on any atom is 0.138 e. The van der Waals surface area contributed by atoms with Gasteiger partial charge in [0.2, 0.25) is 0 Å². The molecule has 2 rings (SSSR count). The summed E-state index contributed by atoms with van der Waals surface area (Å²) in [5.41, 5.74) is -0.203. The van der Waals surface area contributed by atoms with Crippen LogP contribution in [0.2, 0.25) is 0 Å². The number of hydrogen-bond acceptors (Lipinski definition) is 3. The molecule has 1 aliphatic rings. The highest BCUT2D eigenvalue weighted by molar-refractivity contribution is 5.07. The van der Waals surface area contributed by atoms with Gasteiger partial charge in [0.05, 0.1) is 11.5 Å². The van der Waals surface area contributed by atoms with Crippen molar-refractivity contribution in [2.75, 3.05) is 0 Å². The minimum absolute atomic E-state index is 0.203. The molecule has 0 N–H and O–H groups in total. The second-order valence-electron chi connectivity index (χ2n) is 5.65. The van der Waals surface area contributed by atoms with E-state index in [0.717, 1.165) is 56.8 Å². The second-order valence-corrected chi connectivity index (χ2v) is 5.65. The molecule has 0 bridgehead atoms. The van der Waals surface area contributed by atoms with Crippen molar-refractivity contribution in [1.82, 2.24) is 14.8 Å². The summed E-state index contributed by atoms with van der Waals surface area (Å²) in [5, 5.41) is 13.8. The van der Waals surface area contributed by atoms with Crippen LogP contribution in [0.4, 0.5) is 0 Å². The van der Waals surface area contributed by atoms with E-state index in [1.165, 1.54) is 0 Å². The van der Waals surface area contributed by atoms with Crippen LogP contribution in [0.15, 0.2) is 6.33 Å². The molecule has 1 heterocycles. The summed E-state index contributed by atoms with van der Waals surface area (Å²) in [7, 11) is 0. The summed E-state index contributed by atoms with van der Waals surface area (Å²) in [6.07, 6.45) is 7.75. The Morgan fingerprint density at radius 3 is 2.83 bits per heavy atom. The molecule has 0 saturated heterocycles. The first-order valence-electron chi connectivity index (χ1n) is 6.97. The number of hydrogen-bond donors (Lipinski definition) is 0. The molecule has 1 saturated carbocycles. The Kier molecular flexibility index (Phi) is 4.00. The first-order chi connectivity index (χ1) is 8.69. The van der Waals surface area contributed by atoms with Crippen molar-refractivity contribution in [3.05, 3.63) is 12.2 Å². The van der Waals surface area contributed by atoms with E-state index < -0.39 is 0 Å². The molecule has 1 aromatic rings. The molecule has 0 atom stereocenters. The summed E-state index contributed by atoms with van der Waals surface area (Å²) >= 11 is 0. The van der Waals surface area contributed by atoms with Gasteiger partial charge in [-0.3, -0.25) is 4.68 Å². The fourth-order valence-corrected chi connectivity index (χ4v) is 2.77. The minimum atomic E-state index is -0.203. The van der Waals surface area contributed by atoms with Gasteiger partial charge in [-0.1, -0.05) is 13.8 Å². The van der Waals surface area contributed by atoms with Gasteiger partial charge in [-0.05, 0) is 38.0 Å². The monoisotopic (exact) mass is 246 g/mol. The maximum absolute atomic E-state index is 9.54. The van der Waals surface area contributed by atoms with Crippen LogP contribution in [-0.2, 0) is 13.0 Å². The van der Waals surface area contributed by atoms with E-state index >= 15 is 0 Å². The summed E-state index contributed by atoms with van der Waals surface area (Å²) < 4.78 is 1.96. The molecule has 0 radical (unpaired) electrons. The van der Waals surface area contributed by atoms with Crippen molar-refractivity contribution in [2.45, 2.75) is 58.9 Å². The summed E-state index contributed by atoms with van der Waals surface area (Å²) in [5.74, 6) is 1.74. The van der Waals surface area contributed by atoms with Gasteiger partial charge < -0.3 is 0 Å². The normalized spacial score (nSPS) is 27.9. The molecule has 0 amide bonds. The molecule has 1 fully saturated rings. The standard InChI is InChI=1S/C14H22N4/c1-3-8-18-13(16-11-17-18)9-14(10-15)6-4-12(2)5-7-14/h11-12H,3-9H2,1-2H3. The molecule has 1 aromatic heterocycles. The number of aromatic nitrogens is 3. The Balaban J connectivity index is 2.11. The van der Waals surface area contributed by atoms with Crippen LogP contribution in [0, 0.1) is 22.7 Å². The quantitative estimate of drug-likeness (QED) is 0.820. The Morgan fingerprint density at radius 1 is 1.50 bits per heavy atom. The first kappa shape index (κ1) is 13.1. The topological polar surface area (TPSA) is 54.5 Å². The Labute approximate surface area is 109 Å². The highest BCUT2D eigenvalue weighted by Gasteiger charge is 2.35. The summed E-state index contributed by atoms with van der Waals surface area (Å²) in [4.78, 5) is 4.34. The predicted octanol–water partition coefficient (Wildman–Crippen LogP) is 2.95. The van der Waals surface area contributed by atoms with E-state index in [1.807, 2.05) is 4.68 Å². The zero-order valence-corrected chi connectivity index (χ0v) is 11.4. The van der Waals surface area contributed by atoms with Crippen molar-refractivity contribution in [2.24, 2.45) is 11.3 Å². The van der Waals surface area contributed by atoms with Gasteiger partial charge in [0, 0.05) is 13.0 Å². The van der Waals surface area contributed by atoms with Crippen LogP contribution in [0.25, 0.3) is 0 Å². The van der Waals surface area contributed by atoms with Crippen molar-refractivity contribution in [1.29, 1.82) is 5.26 Å². The largest absolute Gasteiger partial charge is 0.250 e. The highest BCUT2D eigenvalue weighted by atomic mass is 15.3. The highest BCUT2D eigenvalue weighted by Crippen LogP contribution is 2.40. The number of nitriles is 1. The molecule has 4 heteroatoms. The zero-order valence-electron chi connectivity index (χ0n) is 11.4. The van der Waals surface area contributed by atoms with Crippen LogP contribution in [0.5, 0.6) is 0 Å². The number of aryl methyl sites for hydroxylation is 1. The maximum atomic E-state index is 9.54. The second kappa shape index (κ2) is 5.51. The smallest absolute Gasteiger partial charge is 0.138 e. The molecule has 4 nitrogen and oxygen atoms in total. The molecule has 0 aromatic carbocycles. The van der Waals surface area contributed by atoms with Crippen LogP contribution in [-0.4, -0.2) is 14.8 Å². The van der Waals surface area contributed by atoms with E-state index in [2.05, 4.69) is 30.0 Å². The third-order valence-corrected chi connectivity index (χ3v) is 4.10. The lowest BCUT2D eigenvalue weighted by molar-refractivity contribution is 0.213. The average molecular weight is 246 g/mol. The van der Waals surface area contributed by atoms with E-state index in [9.17, 15) is 5.26 Å². The number of nitrogens with zero attached hydrogens (tertiary/aromatic N) is 4. The van der Waals surface area contributed by atoms with Gasteiger partial charge in [0.25, 0.3) is 0 Å². The fourth-order valence-electron chi connectivity index (χ4n) is 2.77. The molecular formula is C14H22N4.